The van der Waals surface area contributed by atoms with Crippen molar-refractivity contribution in [2.45, 2.75) is 63.9 Å². The van der Waals surface area contributed by atoms with E-state index < -0.39 is 0 Å². The molecule has 1 saturated heterocycles. The van der Waals surface area contributed by atoms with E-state index in [-0.39, 0.29) is 17.2 Å². The number of anilines is 2. The number of amides is 1. The molecule has 202 valence electrons. The maximum Gasteiger partial charge on any atom is 0.267 e. The van der Waals surface area contributed by atoms with E-state index in [2.05, 4.69) is 35.3 Å². The quantitative estimate of drug-likeness (QED) is 0.212. The van der Waals surface area contributed by atoms with Crippen LogP contribution in [0.25, 0.3) is 15.9 Å². The lowest BCUT2D eigenvalue weighted by Crippen LogP contribution is -2.29. The molecule has 1 N–H and O–H groups in total. The van der Waals surface area contributed by atoms with Crippen LogP contribution in [-0.2, 0) is 17.6 Å². The SMILES string of the molecule is Cc1ccc(-n2c(SCC(=O)Nc3ccc(N4CCCCC4)cc3)nc3sc4c(c3c2=O)CCCC4)c(C)c1. The Balaban J connectivity index is 1.27. The largest absolute Gasteiger partial charge is 0.372 e. The highest BCUT2D eigenvalue weighted by Crippen LogP contribution is 2.35. The highest BCUT2D eigenvalue weighted by molar-refractivity contribution is 7.99. The maximum atomic E-state index is 14.0. The topological polar surface area (TPSA) is 67.2 Å². The Morgan fingerprint density at radius 1 is 1.00 bits per heavy atom. The molecule has 6 nitrogen and oxygen atoms in total. The van der Waals surface area contributed by atoms with Crippen LogP contribution in [0.1, 0.15) is 53.7 Å². The van der Waals surface area contributed by atoms with E-state index in [9.17, 15) is 9.59 Å². The zero-order valence-corrected chi connectivity index (χ0v) is 24.2. The Morgan fingerprint density at radius 2 is 1.77 bits per heavy atom. The second-order valence-corrected chi connectivity index (χ2v) is 12.7. The van der Waals surface area contributed by atoms with E-state index >= 15 is 0 Å². The van der Waals surface area contributed by atoms with Crippen molar-refractivity contribution >= 4 is 50.6 Å². The van der Waals surface area contributed by atoms with Crippen molar-refractivity contribution in [3.63, 3.8) is 0 Å². The molecule has 0 spiro atoms. The molecule has 2 aliphatic rings. The highest BCUT2D eigenvalue weighted by Gasteiger charge is 2.24. The number of piperidine rings is 1. The summed E-state index contributed by atoms with van der Waals surface area (Å²) in [6, 6.07) is 14.2. The number of hydrogen-bond acceptors (Lipinski definition) is 6. The van der Waals surface area contributed by atoms with Crippen LogP contribution in [0, 0.1) is 13.8 Å². The summed E-state index contributed by atoms with van der Waals surface area (Å²) in [6.07, 6.45) is 7.98. The number of nitrogens with one attached hydrogen (secondary N) is 1. The smallest absolute Gasteiger partial charge is 0.267 e. The summed E-state index contributed by atoms with van der Waals surface area (Å²) >= 11 is 2.97. The van der Waals surface area contributed by atoms with E-state index in [1.54, 1.807) is 15.9 Å². The number of carbonyl (C=O) groups excluding carboxylic acids is 1. The summed E-state index contributed by atoms with van der Waals surface area (Å²) in [5.74, 6) is 0.0553. The van der Waals surface area contributed by atoms with Gasteiger partial charge in [0.05, 0.1) is 16.8 Å². The Morgan fingerprint density at radius 3 is 2.54 bits per heavy atom. The van der Waals surface area contributed by atoms with E-state index in [4.69, 9.17) is 4.98 Å². The number of nitrogens with zero attached hydrogens (tertiary/aromatic N) is 3. The van der Waals surface area contributed by atoms with Gasteiger partial charge in [0.1, 0.15) is 4.83 Å². The van der Waals surface area contributed by atoms with Gasteiger partial charge in [-0.3, -0.25) is 14.2 Å². The molecule has 0 bridgehead atoms. The third kappa shape index (κ3) is 5.37. The molecule has 39 heavy (non-hydrogen) atoms. The van der Waals surface area contributed by atoms with Gasteiger partial charge in [-0.2, -0.15) is 0 Å². The molecule has 0 unspecified atom stereocenters. The van der Waals surface area contributed by atoms with Gasteiger partial charge in [-0.05, 0) is 100 Å². The predicted molar refractivity (Wildman–Crippen MR) is 163 cm³/mol. The molecule has 4 aromatic rings. The highest BCUT2D eigenvalue weighted by atomic mass is 32.2. The third-order valence-electron chi connectivity index (χ3n) is 7.76. The second-order valence-electron chi connectivity index (χ2n) is 10.6. The first-order valence-corrected chi connectivity index (χ1v) is 15.7. The molecule has 1 aliphatic carbocycles. The van der Waals surface area contributed by atoms with Crippen LogP contribution in [0.3, 0.4) is 0 Å². The van der Waals surface area contributed by atoms with Crippen LogP contribution in [-0.4, -0.2) is 34.3 Å². The first-order valence-electron chi connectivity index (χ1n) is 13.9. The maximum absolute atomic E-state index is 14.0. The van der Waals surface area contributed by atoms with E-state index in [1.807, 2.05) is 31.2 Å². The monoisotopic (exact) mass is 558 g/mol. The van der Waals surface area contributed by atoms with Crippen LogP contribution in [0.5, 0.6) is 0 Å². The predicted octanol–water partition coefficient (Wildman–Crippen LogP) is 6.66. The Hall–Kier alpha value is -3.10. The molecule has 3 heterocycles. The van der Waals surface area contributed by atoms with Gasteiger partial charge >= 0.3 is 0 Å². The van der Waals surface area contributed by atoms with Crippen LogP contribution in [0.2, 0.25) is 0 Å². The molecular weight excluding hydrogens is 525 g/mol. The lowest BCUT2D eigenvalue weighted by atomic mass is 9.97. The van der Waals surface area contributed by atoms with Gasteiger partial charge in [0.2, 0.25) is 5.91 Å². The van der Waals surface area contributed by atoms with Gasteiger partial charge in [0.25, 0.3) is 5.56 Å². The van der Waals surface area contributed by atoms with Gasteiger partial charge in [-0.1, -0.05) is 29.5 Å². The second kappa shape index (κ2) is 11.2. The van der Waals surface area contributed by atoms with E-state index in [0.717, 1.165) is 71.5 Å². The Kier molecular flexibility index (Phi) is 7.49. The number of aromatic nitrogens is 2. The van der Waals surface area contributed by atoms with Crippen molar-refractivity contribution in [1.82, 2.24) is 9.55 Å². The zero-order chi connectivity index (χ0) is 26.9. The van der Waals surface area contributed by atoms with Gasteiger partial charge < -0.3 is 10.2 Å². The molecule has 0 atom stereocenters. The molecule has 1 fully saturated rings. The molecule has 0 saturated carbocycles. The summed E-state index contributed by atoms with van der Waals surface area (Å²) in [6.45, 7) is 6.26. The Labute approximate surface area is 237 Å². The number of aryl methyl sites for hydroxylation is 4. The van der Waals surface area contributed by atoms with Gasteiger partial charge in [0.15, 0.2) is 5.16 Å². The summed E-state index contributed by atoms with van der Waals surface area (Å²) in [4.78, 5) is 36.5. The van der Waals surface area contributed by atoms with E-state index in [0.29, 0.717) is 5.16 Å². The number of thiophene rings is 1. The fourth-order valence-corrected chi connectivity index (χ4v) is 7.89. The fourth-order valence-electron chi connectivity index (χ4n) is 5.79. The number of hydrogen-bond donors (Lipinski definition) is 1. The molecule has 2 aromatic heterocycles. The average Bonchev–Trinajstić information content (AvgIpc) is 3.32. The van der Waals surface area contributed by atoms with Crippen molar-refractivity contribution in [1.29, 1.82) is 0 Å². The van der Waals surface area contributed by atoms with Crippen LogP contribution in [0.4, 0.5) is 11.4 Å². The van der Waals surface area contributed by atoms with Gasteiger partial charge in [0, 0.05) is 29.3 Å². The number of rotatable bonds is 6. The lowest BCUT2D eigenvalue weighted by molar-refractivity contribution is -0.113. The van der Waals surface area contributed by atoms with Crippen LogP contribution >= 0.6 is 23.1 Å². The van der Waals surface area contributed by atoms with Crippen molar-refractivity contribution in [2.75, 3.05) is 29.1 Å². The lowest BCUT2D eigenvalue weighted by Gasteiger charge is -2.28. The molecule has 1 amide bonds. The summed E-state index contributed by atoms with van der Waals surface area (Å²) in [7, 11) is 0. The molecule has 1 aliphatic heterocycles. The van der Waals surface area contributed by atoms with Gasteiger partial charge in [-0.15, -0.1) is 11.3 Å². The zero-order valence-electron chi connectivity index (χ0n) is 22.6. The minimum Gasteiger partial charge on any atom is -0.372 e. The number of fused-ring (bicyclic) bond motifs is 3. The standard InChI is InChI=1S/C31H34N4O2S2/c1-20-10-15-25(21(2)18-20)35-30(37)28-24-8-4-5-9-26(24)39-29(28)33-31(35)38-19-27(36)32-22-11-13-23(14-12-22)34-16-6-3-7-17-34/h10-15,18H,3-9,16-17,19H2,1-2H3,(H,32,36). The van der Waals surface area contributed by atoms with Crippen molar-refractivity contribution in [3.05, 3.63) is 74.4 Å². The van der Waals surface area contributed by atoms with Crippen LogP contribution < -0.4 is 15.8 Å². The van der Waals surface area contributed by atoms with E-state index in [1.165, 1.54) is 47.2 Å². The van der Waals surface area contributed by atoms with Crippen molar-refractivity contribution < 1.29 is 4.79 Å². The first-order chi connectivity index (χ1) is 19.0. The molecule has 8 heteroatoms. The normalized spacial score (nSPS) is 15.4. The molecule has 0 radical (unpaired) electrons. The molecule has 2 aromatic carbocycles. The summed E-state index contributed by atoms with van der Waals surface area (Å²) < 4.78 is 1.73. The average molecular weight is 559 g/mol. The number of carbonyl (C=O) groups is 1. The van der Waals surface area contributed by atoms with Crippen molar-refractivity contribution in [3.8, 4) is 5.69 Å². The first kappa shape index (κ1) is 26.1. The van der Waals surface area contributed by atoms with Crippen molar-refractivity contribution in [2.24, 2.45) is 0 Å². The fraction of sp³-hybridized carbons (Fsp3) is 0.387. The summed E-state index contributed by atoms with van der Waals surface area (Å²) in [5.41, 5.74) is 6.13. The summed E-state index contributed by atoms with van der Waals surface area (Å²) in [5, 5.41) is 4.35. The van der Waals surface area contributed by atoms with Crippen LogP contribution in [0.15, 0.2) is 52.4 Å². The Bertz CT molecular complexity index is 1580. The number of benzene rings is 2. The molecular formula is C31H34N4O2S2. The van der Waals surface area contributed by atoms with Gasteiger partial charge in [-0.25, -0.2) is 4.98 Å². The third-order valence-corrected chi connectivity index (χ3v) is 9.88. The minimum absolute atomic E-state index is 0.0254. The minimum atomic E-state index is -0.113. The number of thioether (sulfide) groups is 1. The molecule has 6 rings (SSSR count).